The molecule has 1 atom stereocenters. The third-order valence-corrected chi connectivity index (χ3v) is 4.52. The van der Waals surface area contributed by atoms with Crippen LogP contribution in [0.15, 0.2) is 28.9 Å². The zero-order valence-electron chi connectivity index (χ0n) is 11.1. The lowest BCUT2D eigenvalue weighted by molar-refractivity contribution is 0.599. The van der Waals surface area contributed by atoms with E-state index in [0.717, 1.165) is 16.7 Å². The van der Waals surface area contributed by atoms with Gasteiger partial charge in [-0.2, -0.15) is 5.10 Å². The molecule has 0 amide bonds. The van der Waals surface area contributed by atoms with Crippen molar-refractivity contribution >= 4 is 15.9 Å². The molecule has 1 heterocycles. The Labute approximate surface area is 121 Å². The minimum absolute atomic E-state index is 0.122. The smallest absolute Gasteiger partial charge is 0.0738 e. The van der Waals surface area contributed by atoms with E-state index < -0.39 is 0 Å². The van der Waals surface area contributed by atoms with E-state index in [1.807, 2.05) is 10.9 Å². The summed E-state index contributed by atoms with van der Waals surface area (Å²) < 4.78 is 2.95. The van der Waals surface area contributed by atoms with Crippen LogP contribution in [0.1, 0.15) is 41.8 Å². The minimum Gasteiger partial charge on any atom is -0.319 e. The van der Waals surface area contributed by atoms with Crippen molar-refractivity contribution in [1.29, 1.82) is 0 Å². The zero-order valence-corrected chi connectivity index (χ0v) is 12.7. The van der Waals surface area contributed by atoms with Crippen LogP contribution in [0, 0.1) is 0 Å². The van der Waals surface area contributed by atoms with Crippen molar-refractivity contribution in [3.8, 4) is 0 Å². The summed E-state index contributed by atoms with van der Waals surface area (Å²) in [6.45, 7) is 2.91. The summed E-state index contributed by atoms with van der Waals surface area (Å²) >= 11 is 3.55. The minimum atomic E-state index is -0.122. The summed E-state index contributed by atoms with van der Waals surface area (Å²) in [4.78, 5) is 0. The number of hydrogen-bond acceptors (Lipinski definition) is 2. The number of nitrogens with zero attached hydrogens (tertiary/aromatic N) is 2. The van der Waals surface area contributed by atoms with Crippen LogP contribution in [0.25, 0.3) is 0 Å². The molecule has 19 heavy (non-hydrogen) atoms. The molecular weight excluding hydrogens is 302 g/mol. The molecule has 1 aromatic heterocycles. The topological polar surface area (TPSA) is 43.8 Å². The summed E-state index contributed by atoms with van der Waals surface area (Å²) in [5.74, 6) is 0. The van der Waals surface area contributed by atoms with Crippen molar-refractivity contribution in [2.24, 2.45) is 5.73 Å². The average molecular weight is 320 g/mol. The predicted octanol–water partition coefficient (Wildman–Crippen LogP) is 3.20. The van der Waals surface area contributed by atoms with Gasteiger partial charge in [0.05, 0.1) is 22.4 Å². The molecule has 2 aromatic rings. The fourth-order valence-corrected chi connectivity index (χ4v) is 3.42. The highest BCUT2D eigenvalue weighted by Crippen LogP contribution is 2.30. The van der Waals surface area contributed by atoms with E-state index in [1.54, 1.807) is 0 Å². The Morgan fingerprint density at radius 3 is 2.95 bits per heavy atom. The molecule has 0 saturated heterocycles. The number of benzene rings is 1. The first-order valence-electron chi connectivity index (χ1n) is 6.79. The van der Waals surface area contributed by atoms with Crippen LogP contribution < -0.4 is 5.73 Å². The second-order valence-electron chi connectivity index (χ2n) is 5.05. The Kier molecular flexibility index (Phi) is 3.46. The van der Waals surface area contributed by atoms with Gasteiger partial charge in [-0.1, -0.05) is 18.2 Å². The van der Waals surface area contributed by atoms with E-state index in [4.69, 9.17) is 5.73 Å². The maximum Gasteiger partial charge on any atom is 0.0738 e. The van der Waals surface area contributed by atoms with E-state index >= 15 is 0 Å². The molecule has 0 saturated carbocycles. The van der Waals surface area contributed by atoms with Gasteiger partial charge in [0, 0.05) is 6.54 Å². The van der Waals surface area contributed by atoms with Gasteiger partial charge in [0.2, 0.25) is 0 Å². The number of aromatic nitrogens is 2. The number of aryl methyl sites for hydroxylation is 3. The maximum atomic E-state index is 6.44. The van der Waals surface area contributed by atoms with Gasteiger partial charge < -0.3 is 5.73 Å². The third-order valence-electron chi connectivity index (χ3n) is 3.91. The van der Waals surface area contributed by atoms with Crippen LogP contribution in [0.4, 0.5) is 0 Å². The molecule has 1 aliphatic rings. The summed E-state index contributed by atoms with van der Waals surface area (Å²) in [7, 11) is 0. The quantitative estimate of drug-likeness (QED) is 0.944. The standard InChI is InChI=1S/C15H18BrN3/c1-2-19-15(13(16)9-18-19)14(17)12-7-6-10-4-3-5-11(10)8-12/h6-9,14H,2-5,17H2,1H3. The molecule has 3 nitrogen and oxygen atoms in total. The summed E-state index contributed by atoms with van der Waals surface area (Å²) in [5, 5.41) is 4.34. The van der Waals surface area contributed by atoms with E-state index in [9.17, 15) is 0 Å². The SMILES string of the molecule is CCn1ncc(Br)c1C(N)c1ccc2c(c1)CCC2. The van der Waals surface area contributed by atoms with Gasteiger partial charge in [0.15, 0.2) is 0 Å². The molecule has 2 N–H and O–H groups in total. The van der Waals surface area contributed by atoms with E-state index in [0.29, 0.717) is 0 Å². The van der Waals surface area contributed by atoms with Crippen molar-refractivity contribution in [3.63, 3.8) is 0 Å². The van der Waals surface area contributed by atoms with Crippen molar-refractivity contribution < 1.29 is 0 Å². The van der Waals surface area contributed by atoms with Crippen LogP contribution >= 0.6 is 15.9 Å². The molecule has 0 bridgehead atoms. The molecule has 3 rings (SSSR count). The maximum absolute atomic E-state index is 6.44. The van der Waals surface area contributed by atoms with Crippen LogP contribution in [-0.2, 0) is 19.4 Å². The fourth-order valence-electron chi connectivity index (χ4n) is 2.88. The normalized spacial score (nSPS) is 15.5. The highest BCUT2D eigenvalue weighted by Gasteiger charge is 2.19. The molecule has 4 heteroatoms. The largest absolute Gasteiger partial charge is 0.319 e. The monoisotopic (exact) mass is 319 g/mol. The van der Waals surface area contributed by atoms with Crippen molar-refractivity contribution in [3.05, 3.63) is 51.3 Å². The number of nitrogens with two attached hydrogens (primary N) is 1. The Morgan fingerprint density at radius 1 is 1.37 bits per heavy atom. The molecule has 1 aliphatic carbocycles. The summed E-state index contributed by atoms with van der Waals surface area (Å²) in [6.07, 6.45) is 5.49. The van der Waals surface area contributed by atoms with Crippen molar-refractivity contribution in [2.75, 3.05) is 0 Å². The first-order chi connectivity index (χ1) is 9.20. The lowest BCUT2D eigenvalue weighted by Gasteiger charge is -2.16. The molecule has 0 radical (unpaired) electrons. The second-order valence-corrected chi connectivity index (χ2v) is 5.91. The van der Waals surface area contributed by atoms with Crippen LogP contribution in [0.2, 0.25) is 0 Å². The highest BCUT2D eigenvalue weighted by atomic mass is 79.9. The summed E-state index contributed by atoms with van der Waals surface area (Å²) in [6, 6.07) is 6.54. The van der Waals surface area contributed by atoms with Gasteiger partial charge >= 0.3 is 0 Å². The second kappa shape index (κ2) is 5.10. The number of rotatable bonds is 3. The van der Waals surface area contributed by atoms with Crippen LogP contribution in [0.3, 0.4) is 0 Å². The molecule has 1 unspecified atom stereocenters. The summed E-state index contributed by atoms with van der Waals surface area (Å²) in [5.41, 5.74) is 11.6. The van der Waals surface area contributed by atoms with Gasteiger partial charge in [0.1, 0.15) is 0 Å². The Hall–Kier alpha value is -1.13. The molecule has 100 valence electrons. The van der Waals surface area contributed by atoms with E-state index in [-0.39, 0.29) is 6.04 Å². The van der Waals surface area contributed by atoms with Crippen molar-refractivity contribution in [2.45, 2.75) is 38.8 Å². The molecule has 0 fully saturated rings. The predicted molar refractivity (Wildman–Crippen MR) is 80.1 cm³/mol. The van der Waals surface area contributed by atoms with Gasteiger partial charge in [-0.05, 0) is 58.8 Å². The number of halogens is 1. The highest BCUT2D eigenvalue weighted by molar-refractivity contribution is 9.10. The number of hydrogen-bond donors (Lipinski definition) is 1. The fraction of sp³-hybridized carbons (Fsp3) is 0.400. The van der Waals surface area contributed by atoms with E-state index in [1.165, 1.54) is 36.0 Å². The molecule has 1 aromatic carbocycles. The average Bonchev–Trinajstić information content (AvgIpc) is 3.02. The van der Waals surface area contributed by atoms with Gasteiger partial charge in [-0.3, -0.25) is 4.68 Å². The van der Waals surface area contributed by atoms with Crippen LogP contribution in [0.5, 0.6) is 0 Å². The molecule has 0 spiro atoms. The lowest BCUT2D eigenvalue weighted by atomic mass is 9.99. The molecular formula is C15H18BrN3. The molecule has 0 aliphatic heterocycles. The Balaban J connectivity index is 1.99. The van der Waals surface area contributed by atoms with Gasteiger partial charge in [0.25, 0.3) is 0 Å². The Morgan fingerprint density at radius 2 is 2.16 bits per heavy atom. The van der Waals surface area contributed by atoms with Gasteiger partial charge in [-0.15, -0.1) is 0 Å². The lowest BCUT2D eigenvalue weighted by Crippen LogP contribution is -2.18. The first kappa shape index (κ1) is 12.9. The first-order valence-corrected chi connectivity index (χ1v) is 7.58. The van der Waals surface area contributed by atoms with Crippen LogP contribution in [-0.4, -0.2) is 9.78 Å². The number of fused-ring (bicyclic) bond motifs is 1. The Bertz CT molecular complexity index is 603. The van der Waals surface area contributed by atoms with Crippen molar-refractivity contribution in [1.82, 2.24) is 9.78 Å². The van der Waals surface area contributed by atoms with E-state index in [2.05, 4.69) is 46.2 Å². The zero-order chi connectivity index (χ0) is 13.4. The third kappa shape index (κ3) is 2.23. The van der Waals surface area contributed by atoms with Gasteiger partial charge in [-0.25, -0.2) is 0 Å².